The number of hydrogen-bond acceptors (Lipinski definition) is 3. The van der Waals surface area contributed by atoms with Gasteiger partial charge in [0.2, 0.25) is 0 Å². The first-order valence-corrected chi connectivity index (χ1v) is 4.21. The van der Waals surface area contributed by atoms with Crippen LogP contribution in [0.1, 0.15) is 0 Å². The number of phenols is 1. The first-order chi connectivity index (χ1) is 5.02. The Morgan fingerprint density at radius 1 is 1.17 bits per heavy atom. The third-order valence-corrected chi connectivity index (χ3v) is 2.04. The van der Waals surface area contributed by atoms with Crippen LogP contribution in [0.25, 0.3) is 0 Å². The second kappa shape index (κ2) is 3.92. The lowest BCUT2D eigenvalue weighted by Crippen LogP contribution is -1.97. The van der Waals surface area contributed by atoms with Crippen LogP contribution in [0, 0.1) is 0 Å². The van der Waals surface area contributed by atoms with E-state index in [1.54, 1.807) is 0 Å². The molecule has 0 bridgehead atoms. The van der Waals surface area contributed by atoms with Gasteiger partial charge < -0.3 is 5.11 Å². The fourth-order valence-corrected chi connectivity index (χ4v) is 1.26. The van der Waals surface area contributed by atoms with Gasteiger partial charge in [0, 0.05) is 17.4 Å². The van der Waals surface area contributed by atoms with E-state index in [4.69, 9.17) is 9.66 Å². The Hall–Kier alpha value is -0.538. The molecular formula is C6H6AlO4S. The normalized spacial score (nSPS) is 10.4. The number of hydrogen-bond donors (Lipinski definition) is 2. The summed E-state index contributed by atoms with van der Waals surface area (Å²) in [5, 5.41) is 8.91. The van der Waals surface area contributed by atoms with Gasteiger partial charge in [-0.15, -0.1) is 0 Å². The largest absolute Gasteiger partial charge is 0.506 e. The standard InChI is InChI=1S/C6H6O4S.Al/c7-5-3-1-2-4-6(5)11(8,9)10;/h1-4,7H,(H,8,9,10);. The first-order valence-electron chi connectivity index (χ1n) is 2.77. The highest BCUT2D eigenvalue weighted by Crippen LogP contribution is 2.20. The highest BCUT2D eigenvalue weighted by atomic mass is 32.2. The average Bonchev–Trinajstić information content (AvgIpc) is 1.86. The van der Waals surface area contributed by atoms with E-state index in [0.717, 1.165) is 6.07 Å². The minimum Gasteiger partial charge on any atom is -0.506 e. The Morgan fingerprint density at radius 3 is 2.00 bits per heavy atom. The summed E-state index contributed by atoms with van der Waals surface area (Å²) >= 11 is 0. The molecule has 1 rings (SSSR count). The van der Waals surface area contributed by atoms with Crippen LogP contribution in [0.3, 0.4) is 0 Å². The number of aromatic hydroxyl groups is 1. The fraction of sp³-hybridized carbons (Fsp3) is 0. The molecule has 6 heteroatoms. The molecule has 0 saturated carbocycles. The maximum atomic E-state index is 10.4. The van der Waals surface area contributed by atoms with E-state index in [-0.39, 0.29) is 17.4 Å². The van der Waals surface area contributed by atoms with Crippen LogP contribution in [0.15, 0.2) is 29.2 Å². The third kappa shape index (κ3) is 2.50. The molecule has 2 N–H and O–H groups in total. The molecule has 1 aromatic rings. The van der Waals surface area contributed by atoms with E-state index in [0.29, 0.717) is 0 Å². The Morgan fingerprint density at radius 2 is 1.67 bits per heavy atom. The van der Waals surface area contributed by atoms with Crippen LogP contribution >= 0.6 is 0 Å². The van der Waals surface area contributed by atoms with Gasteiger partial charge >= 0.3 is 0 Å². The molecule has 1 aromatic carbocycles. The van der Waals surface area contributed by atoms with E-state index >= 15 is 0 Å². The van der Waals surface area contributed by atoms with Gasteiger partial charge in [0.1, 0.15) is 10.6 Å². The van der Waals surface area contributed by atoms with Gasteiger partial charge in [-0.05, 0) is 12.1 Å². The summed E-state index contributed by atoms with van der Waals surface area (Å²) in [6.45, 7) is 0. The molecule has 0 saturated heterocycles. The van der Waals surface area contributed by atoms with Crippen molar-refractivity contribution in [2.45, 2.75) is 4.90 Å². The zero-order valence-electron chi connectivity index (χ0n) is 6.01. The van der Waals surface area contributed by atoms with Crippen molar-refractivity contribution < 1.29 is 18.1 Å². The van der Waals surface area contributed by atoms with Crippen molar-refractivity contribution in [2.24, 2.45) is 0 Å². The van der Waals surface area contributed by atoms with Crippen LogP contribution in [-0.2, 0) is 10.1 Å². The molecule has 0 heterocycles. The van der Waals surface area contributed by atoms with E-state index < -0.39 is 20.8 Å². The number of para-hydroxylation sites is 1. The van der Waals surface area contributed by atoms with Crippen LogP contribution in [0.4, 0.5) is 0 Å². The molecule has 0 amide bonds. The zero-order chi connectivity index (χ0) is 8.48. The van der Waals surface area contributed by atoms with Crippen LogP contribution in [0.5, 0.6) is 5.75 Å². The van der Waals surface area contributed by atoms with Gasteiger partial charge in [0.05, 0.1) is 0 Å². The minimum absolute atomic E-state index is 0. The van der Waals surface area contributed by atoms with Gasteiger partial charge in [-0.1, -0.05) is 12.1 Å². The summed E-state index contributed by atoms with van der Waals surface area (Å²) in [5.41, 5.74) is 0. The zero-order valence-corrected chi connectivity index (χ0v) is 7.98. The molecule has 63 valence electrons. The van der Waals surface area contributed by atoms with E-state index in [1.165, 1.54) is 18.2 Å². The average molecular weight is 201 g/mol. The van der Waals surface area contributed by atoms with Crippen molar-refractivity contribution >= 4 is 27.5 Å². The van der Waals surface area contributed by atoms with Gasteiger partial charge in [-0.2, -0.15) is 8.42 Å². The molecule has 0 fully saturated rings. The summed E-state index contributed by atoms with van der Waals surface area (Å²) in [7, 11) is -4.28. The second-order valence-corrected chi connectivity index (χ2v) is 3.33. The summed E-state index contributed by atoms with van der Waals surface area (Å²) in [6, 6.07) is 5.17. The number of rotatable bonds is 1. The van der Waals surface area contributed by atoms with Crippen LogP contribution in [0.2, 0.25) is 0 Å². The van der Waals surface area contributed by atoms with Gasteiger partial charge in [0.15, 0.2) is 0 Å². The number of phenolic OH excluding ortho intramolecular Hbond substituents is 1. The molecule has 3 radical (unpaired) electrons. The Balaban J connectivity index is 0.00000121. The quantitative estimate of drug-likeness (QED) is 0.504. The lowest BCUT2D eigenvalue weighted by molar-refractivity contribution is 0.443. The van der Waals surface area contributed by atoms with Crippen molar-refractivity contribution in [3.63, 3.8) is 0 Å². The van der Waals surface area contributed by atoms with Gasteiger partial charge in [-0.3, -0.25) is 4.55 Å². The summed E-state index contributed by atoms with van der Waals surface area (Å²) in [5.74, 6) is -0.449. The SMILES string of the molecule is O=S(=O)(O)c1ccccc1O.[Al]. The monoisotopic (exact) mass is 201 g/mol. The topological polar surface area (TPSA) is 74.6 Å². The highest BCUT2D eigenvalue weighted by Gasteiger charge is 2.12. The van der Waals surface area contributed by atoms with Crippen molar-refractivity contribution in [3.05, 3.63) is 24.3 Å². The third-order valence-electron chi connectivity index (χ3n) is 1.14. The van der Waals surface area contributed by atoms with Crippen molar-refractivity contribution in [3.8, 4) is 5.75 Å². The predicted molar refractivity (Wildman–Crippen MR) is 43.7 cm³/mol. The fourth-order valence-electron chi connectivity index (χ4n) is 0.675. The van der Waals surface area contributed by atoms with Gasteiger partial charge in [-0.25, -0.2) is 0 Å². The smallest absolute Gasteiger partial charge is 0.298 e. The van der Waals surface area contributed by atoms with Crippen molar-refractivity contribution in [2.75, 3.05) is 0 Å². The maximum absolute atomic E-state index is 10.4. The Labute approximate surface area is 80.7 Å². The molecule has 0 aromatic heterocycles. The van der Waals surface area contributed by atoms with Crippen LogP contribution in [-0.4, -0.2) is 35.4 Å². The molecule has 0 spiro atoms. The molecule has 4 nitrogen and oxygen atoms in total. The summed E-state index contributed by atoms with van der Waals surface area (Å²) in [4.78, 5) is -0.472. The van der Waals surface area contributed by atoms with Gasteiger partial charge in [0.25, 0.3) is 10.1 Å². The minimum atomic E-state index is -4.28. The van der Waals surface area contributed by atoms with E-state index in [9.17, 15) is 8.42 Å². The first kappa shape index (κ1) is 11.5. The van der Waals surface area contributed by atoms with E-state index in [2.05, 4.69) is 0 Å². The Bertz CT molecular complexity index is 360. The molecule has 0 aliphatic rings. The molecule has 0 aliphatic heterocycles. The highest BCUT2D eigenvalue weighted by molar-refractivity contribution is 7.86. The molecule has 0 aliphatic carbocycles. The Kier molecular flexibility index (Phi) is 3.74. The summed E-state index contributed by atoms with van der Waals surface area (Å²) in [6.07, 6.45) is 0. The van der Waals surface area contributed by atoms with Crippen molar-refractivity contribution in [1.29, 1.82) is 0 Å². The number of benzene rings is 1. The molecular weight excluding hydrogens is 195 g/mol. The lowest BCUT2D eigenvalue weighted by Gasteiger charge is -1.97. The molecule has 0 atom stereocenters. The van der Waals surface area contributed by atoms with Crippen LogP contribution < -0.4 is 0 Å². The maximum Gasteiger partial charge on any atom is 0.298 e. The van der Waals surface area contributed by atoms with E-state index in [1.807, 2.05) is 0 Å². The predicted octanol–water partition coefficient (Wildman–Crippen LogP) is 0.258. The lowest BCUT2D eigenvalue weighted by atomic mass is 10.3. The van der Waals surface area contributed by atoms with Crippen molar-refractivity contribution in [1.82, 2.24) is 0 Å². The molecule has 12 heavy (non-hydrogen) atoms. The summed E-state index contributed by atoms with van der Waals surface area (Å²) < 4.78 is 29.4. The molecule has 0 unspecified atom stereocenters. The second-order valence-electron chi connectivity index (χ2n) is 1.94.